The third-order valence-electron chi connectivity index (χ3n) is 4.22. The van der Waals surface area contributed by atoms with E-state index in [4.69, 9.17) is 5.73 Å². The Morgan fingerprint density at radius 2 is 2.19 bits per heavy atom. The molecule has 1 aliphatic carbocycles. The molecule has 1 aromatic carbocycles. The fourth-order valence-corrected chi connectivity index (χ4v) is 2.88. The highest BCUT2D eigenvalue weighted by atomic mass is 79.9. The number of nitrogens with two attached hydrogens (primary N) is 1. The number of benzene rings is 1. The van der Waals surface area contributed by atoms with E-state index in [1.165, 1.54) is 21.3 Å². The Balaban J connectivity index is 2.14. The molecule has 0 radical (unpaired) electrons. The van der Waals surface area contributed by atoms with Crippen molar-refractivity contribution in [1.82, 2.24) is 0 Å². The Kier molecular flexibility index (Phi) is 5.51. The zero-order valence-electron chi connectivity index (χ0n) is 13.1. The predicted octanol–water partition coefficient (Wildman–Crippen LogP) is 5.06. The van der Waals surface area contributed by atoms with Crippen LogP contribution in [0.1, 0.15) is 44.7 Å². The summed E-state index contributed by atoms with van der Waals surface area (Å²) in [6.45, 7) is 6.59. The number of halogens is 1. The maximum Gasteiger partial charge on any atom is 0.0439 e. The second-order valence-electron chi connectivity index (χ2n) is 5.97. The molecular formula is C18H25BrN2. The van der Waals surface area contributed by atoms with Crippen molar-refractivity contribution in [1.29, 1.82) is 0 Å². The van der Waals surface area contributed by atoms with E-state index in [9.17, 15) is 0 Å². The second-order valence-corrected chi connectivity index (χ2v) is 7.23. The van der Waals surface area contributed by atoms with Crippen molar-refractivity contribution < 1.29 is 0 Å². The van der Waals surface area contributed by atoms with Gasteiger partial charge in [0.15, 0.2) is 0 Å². The maximum absolute atomic E-state index is 6.20. The standard InChI is InChI=1S/C18H25BrN2/c1-12(10-11-13(2)19)14(3)21-17-9-5-7-15-6-4-8-16(20)18(15)17/h5,7-9,11-12,14,21H,4,6,10,20H2,1-3H3/b13-11+. The lowest BCUT2D eigenvalue weighted by Gasteiger charge is -2.25. The van der Waals surface area contributed by atoms with Gasteiger partial charge in [-0.05, 0) is 55.1 Å². The van der Waals surface area contributed by atoms with Crippen LogP contribution in [0.5, 0.6) is 0 Å². The van der Waals surface area contributed by atoms with Gasteiger partial charge in [0, 0.05) is 23.0 Å². The zero-order valence-corrected chi connectivity index (χ0v) is 14.7. The first-order chi connectivity index (χ1) is 9.99. The minimum atomic E-state index is 0.398. The Bertz CT molecular complexity index is 556. The highest BCUT2D eigenvalue weighted by molar-refractivity contribution is 9.11. The lowest BCUT2D eigenvalue weighted by Crippen LogP contribution is -2.25. The molecule has 0 aliphatic heterocycles. The Morgan fingerprint density at radius 1 is 1.43 bits per heavy atom. The molecule has 0 bridgehead atoms. The maximum atomic E-state index is 6.20. The molecule has 3 N–H and O–H groups in total. The Hall–Kier alpha value is -1.22. The summed E-state index contributed by atoms with van der Waals surface area (Å²) in [5.74, 6) is 0.558. The van der Waals surface area contributed by atoms with Crippen molar-refractivity contribution in [3.05, 3.63) is 46.0 Å². The number of anilines is 1. The summed E-state index contributed by atoms with van der Waals surface area (Å²) in [5, 5.41) is 3.66. The van der Waals surface area contributed by atoms with E-state index in [2.05, 4.69) is 72.4 Å². The molecule has 0 amide bonds. The number of nitrogens with one attached hydrogen (secondary N) is 1. The van der Waals surface area contributed by atoms with Gasteiger partial charge in [-0.1, -0.05) is 47.1 Å². The van der Waals surface area contributed by atoms with Gasteiger partial charge in [0.05, 0.1) is 0 Å². The van der Waals surface area contributed by atoms with Crippen LogP contribution >= 0.6 is 15.9 Å². The third kappa shape index (κ3) is 4.13. The molecule has 2 rings (SSSR count). The normalized spacial score (nSPS) is 17.7. The lowest BCUT2D eigenvalue weighted by molar-refractivity contribution is 0.516. The molecule has 0 spiro atoms. The Labute approximate surface area is 136 Å². The van der Waals surface area contributed by atoms with Crippen molar-refractivity contribution in [3.8, 4) is 0 Å². The topological polar surface area (TPSA) is 38.0 Å². The van der Waals surface area contributed by atoms with E-state index in [-0.39, 0.29) is 0 Å². The van der Waals surface area contributed by atoms with Gasteiger partial charge in [-0.25, -0.2) is 0 Å². The van der Waals surface area contributed by atoms with Gasteiger partial charge in [0.25, 0.3) is 0 Å². The van der Waals surface area contributed by atoms with Crippen LogP contribution < -0.4 is 11.1 Å². The number of fused-ring (bicyclic) bond motifs is 1. The van der Waals surface area contributed by atoms with Crippen LogP contribution in [0, 0.1) is 5.92 Å². The first kappa shape index (κ1) is 16.2. The quantitative estimate of drug-likeness (QED) is 0.780. The van der Waals surface area contributed by atoms with Crippen LogP contribution in [0.3, 0.4) is 0 Å². The predicted molar refractivity (Wildman–Crippen MR) is 96.5 cm³/mol. The number of hydrogen-bond donors (Lipinski definition) is 2. The molecule has 2 atom stereocenters. The zero-order chi connectivity index (χ0) is 15.4. The molecule has 0 aromatic heterocycles. The summed E-state index contributed by atoms with van der Waals surface area (Å²) in [6.07, 6.45) is 7.56. The van der Waals surface area contributed by atoms with E-state index < -0.39 is 0 Å². The first-order valence-electron chi connectivity index (χ1n) is 7.65. The van der Waals surface area contributed by atoms with Crippen molar-refractivity contribution in [2.75, 3.05) is 5.32 Å². The summed E-state index contributed by atoms with van der Waals surface area (Å²) >= 11 is 3.49. The highest BCUT2D eigenvalue weighted by Gasteiger charge is 2.17. The van der Waals surface area contributed by atoms with Crippen molar-refractivity contribution in [3.63, 3.8) is 0 Å². The van der Waals surface area contributed by atoms with Crippen molar-refractivity contribution in [2.24, 2.45) is 11.7 Å². The van der Waals surface area contributed by atoms with Gasteiger partial charge in [-0.3, -0.25) is 0 Å². The van der Waals surface area contributed by atoms with Gasteiger partial charge >= 0.3 is 0 Å². The average molecular weight is 349 g/mol. The van der Waals surface area contributed by atoms with E-state index >= 15 is 0 Å². The number of hydrogen-bond acceptors (Lipinski definition) is 2. The summed E-state index contributed by atoms with van der Waals surface area (Å²) in [4.78, 5) is 0. The van der Waals surface area contributed by atoms with Crippen LogP contribution in [0.25, 0.3) is 5.70 Å². The SMILES string of the molecule is C/C(Br)=C\CC(C)C(C)Nc1cccc2c1C(N)=CCC2. The third-order valence-corrected chi connectivity index (χ3v) is 4.55. The number of aryl methyl sites for hydroxylation is 1. The fourth-order valence-electron chi connectivity index (χ4n) is 2.69. The second kappa shape index (κ2) is 7.17. The molecule has 114 valence electrons. The first-order valence-corrected chi connectivity index (χ1v) is 8.45. The smallest absolute Gasteiger partial charge is 0.0439 e. The summed E-state index contributed by atoms with van der Waals surface area (Å²) in [6, 6.07) is 6.85. The summed E-state index contributed by atoms with van der Waals surface area (Å²) in [7, 11) is 0. The van der Waals surface area contributed by atoms with Gasteiger partial charge in [0.2, 0.25) is 0 Å². The van der Waals surface area contributed by atoms with E-state index in [0.29, 0.717) is 12.0 Å². The van der Waals surface area contributed by atoms with E-state index in [0.717, 1.165) is 25.0 Å². The molecule has 3 heteroatoms. The minimum absolute atomic E-state index is 0.398. The molecule has 2 nitrogen and oxygen atoms in total. The van der Waals surface area contributed by atoms with Crippen LogP contribution in [-0.2, 0) is 6.42 Å². The summed E-state index contributed by atoms with van der Waals surface area (Å²) in [5.41, 5.74) is 10.8. The largest absolute Gasteiger partial charge is 0.398 e. The summed E-state index contributed by atoms with van der Waals surface area (Å²) < 4.78 is 1.20. The van der Waals surface area contributed by atoms with E-state index in [1.807, 2.05) is 0 Å². The molecule has 0 heterocycles. The molecule has 0 saturated carbocycles. The molecule has 21 heavy (non-hydrogen) atoms. The minimum Gasteiger partial charge on any atom is -0.398 e. The van der Waals surface area contributed by atoms with E-state index in [1.54, 1.807) is 0 Å². The molecule has 0 saturated heterocycles. The van der Waals surface area contributed by atoms with Gasteiger partial charge in [-0.15, -0.1) is 0 Å². The van der Waals surface area contributed by atoms with Gasteiger partial charge in [-0.2, -0.15) is 0 Å². The van der Waals surface area contributed by atoms with Gasteiger partial charge in [0.1, 0.15) is 0 Å². The fraction of sp³-hybridized carbons (Fsp3) is 0.444. The molecule has 2 unspecified atom stereocenters. The van der Waals surface area contributed by atoms with Crippen LogP contribution in [0.15, 0.2) is 34.8 Å². The average Bonchev–Trinajstić information content (AvgIpc) is 2.45. The van der Waals surface area contributed by atoms with Gasteiger partial charge < -0.3 is 11.1 Å². The Morgan fingerprint density at radius 3 is 2.90 bits per heavy atom. The monoisotopic (exact) mass is 348 g/mol. The molecular weight excluding hydrogens is 324 g/mol. The molecule has 1 aliphatic rings. The number of allylic oxidation sites excluding steroid dienone is 3. The number of rotatable bonds is 5. The van der Waals surface area contributed by atoms with Crippen LogP contribution in [0.2, 0.25) is 0 Å². The van der Waals surface area contributed by atoms with Crippen molar-refractivity contribution >= 4 is 27.3 Å². The lowest BCUT2D eigenvalue weighted by atomic mass is 9.92. The molecule has 0 fully saturated rings. The molecule has 1 aromatic rings. The van der Waals surface area contributed by atoms with Crippen LogP contribution in [-0.4, -0.2) is 6.04 Å². The van der Waals surface area contributed by atoms with Crippen LogP contribution in [0.4, 0.5) is 5.69 Å². The highest BCUT2D eigenvalue weighted by Crippen LogP contribution is 2.31. The van der Waals surface area contributed by atoms with Crippen molar-refractivity contribution in [2.45, 2.75) is 46.1 Å².